The van der Waals surface area contributed by atoms with E-state index in [-0.39, 0.29) is 0 Å². The summed E-state index contributed by atoms with van der Waals surface area (Å²) in [5, 5.41) is 0. The van der Waals surface area contributed by atoms with Gasteiger partial charge in [0.1, 0.15) is 0 Å². The fraction of sp³-hybridized carbons (Fsp3) is 0.931. The van der Waals surface area contributed by atoms with Gasteiger partial charge in [-0.1, -0.05) is 70.9 Å². The number of unbranched alkanes of at least 4 members (excludes halogenated alkanes) is 5. The third-order valence-electron chi connectivity index (χ3n) is 11.0. The van der Waals surface area contributed by atoms with Crippen molar-refractivity contribution in [3.05, 3.63) is 11.6 Å². The molecule has 5 rings (SSSR count). The second-order valence-electron chi connectivity index (χ2n) is 12.4. The maximum Gasteiger partial charge on any atom is 0.0795 e. The maximum absolute atomic E-state index is 2.82. The Hall–Kier alpha value is 0.440. The van der Waals surface area contributed by atoms with Crippen LogP contribution in [0.2, 0.25) is 0 Å². The predicted octanol–water partition coefficient (Wildman–Crippen LogP) is 9.49. The van der Waals surface area contributed by atoms with Crippen LogP contribution in [0.5, 0.6) is 0 Å². The van der Waals surface area contributed by atoms with E-state index in [2.05, 4.69) is 50.4 Å². The van der Waals surface area contributed by atoms with E-state index in [0.717, 1.165) is 23.7 Å². The van der Waals surface area contributed by atoms with Crippen LogP contribution in [0.15, 0.2) is 11.6 Å². The first-order chi connectivity index (χ1) is 15.0. The van der Waals surface area contributed by atoms with Gasteiger partial charge >= 0.3 is 0 Å². The summed E-state index contributed by atoms with van der Waals surface area (Å²) in [6.45, 7) is 7.79. The first-order valence-corrected chi connectivity index (χ1v) is 16.0. The summed E-state index contributed by atoms with van der Waals surface area (Å²) >= 11 is 4.53. The monoisotopic (exact) mass is 460 g/mol. The van der Waals surface area contributed by atoms with Gasteiger partial charge in [-0.3, -0.25) is 0 Å². The van der Waals surface area contributed by atoms with Crippen LogP contribution in [0, 0.1) is 34.5 Å². The summed E-state index contributed by atoms with van der Waals surface area (Å²) in [6, 6.07) is 0. The first-order valence-electron chi connectivity index (χ1n) is 14.0. The van der Waals surface area contributed by atoms with Gasteiger partial charge in [-0.25, -0.2) is 0 Å². The lowest BCUT2D eigenvalue weighted by Gasteiger charge is -2.59. The molecule has 0 radical (unpaired) electrons. The molecule has 4 fully saturated rings. The van der Waals surface area contributed by atoms with Gasteiger partial charge < -0.3 is 0 Å². The molecule has 0 nitrogen and oxygen atoms in total. The molecular weight excluding hydrogens is 412 g/mol. The average molecular weight is 461 g/mol. The highest BCUT2D eigenvalue weighted by Crippen LogP contribution is 2.69. The molecule has 5 aliphatic rings. The van der Waals surface area contributed by atoms with E-state index >= 15 is 0 Å². The molecule has 0 N–H and O–H groups in total. The number of allylic oxidation sites excluding steroid dienone is 1. The van der Waals surface area contributed by atoms with Crippen LogP contribution in [-0.2, 0) is 0 Å². The van der Waals surface area contributed by atoms with Gasteiger partial charge in [-0.15, -0.1) is 23.5 Å². The van der Waals surface area contributed by atoms with E-state index in [9.17, 15) is 0 Å². The highest BCUT2D eigenvalue weighted by atomic mass is 32.2. The van der Waals surface area contributed by atoms with Gasteiger partial charge in [0.25, 0.3) is 0 Å². The Balaban J connectivity index is 1.24. The Labute approximate surface area is 201 Å². The standard InChI is InChI=1S/C29H48S2/c1-4-5-6-7-8-9-10-22-12-14-25-24-13-11-23-21-29(30-19-20-31-29)18-17-28(23,3)26(24)15-16-27(22,25)2/h21-22,24-26H,4-20H2,1-3H3. The minimum absolute atomic E-state index is 0.473. The van der Waals surface area contributed by atoms with Crippen molar-refractivity contribution in [1.29, 1.82) is 0 Å². The van der Waals surface area contributed by atoms with Crippen LogP contribution in [0.3, 0.4) is 0 Å². The second-order valence-corrected chi connectivity index (χ2v) is 15.5. The van der Waals surface area contributed by atoms with Gasteiger partial charge in [0.2, 0.25) is 0 Å². The summed E-state index contributed by atoms with van der Waals surface area (Å²) < 4.78 is 0.473. The lowest BCUT2D eigenvalue weighted by Crippen LogP contribution is -2.51. The molecule has 1 saturated heterocycles. The van der Waals surface area contributed by atoms with Crippen molar-refractivity contribution in [2.24, 2.45) is 34.5 Å². The summed E-state index contributed by atoms with van der Waals surface area (Å²) in [4.78, 5) is 0. The zero-order chi connectivity index (χ0) is 21.5. The van der Waals surface area contributed by atoms with E-state index in [1.165, 1.54) is 95.0 Å². The van der Waals surface area contributed by atoms with Crippen LogP contribution in [-0.4, -0.2) is 15.6 Å². The summed E-state index contributed by atoms with van der Waals surface area (Å²) in [6.07, 6.45) is 25.2. The molecule has 0 aromatic carbocycles. The molecule has 1 aliphatic heterocycles. The van der Waals surface area contributed by atoms with E-state index in [1.54, 1.807) is 12.8 Å². The van der Waals surface area contributed by atoms with Crippen molar-refractivity contribution < 1.29 is 0 Å². The van der Waals surface area contributed by atoms with E-state index in [1.807, 2.05) is 5.57 Å². The zero-order valence-electron chi connectivity index (χ0n) is 20.7. The number of hydrogen-bond acceptors (Lipinski definition) is 2. The SMILES string of the molecule is CCCCCCCCC1CCC2C3CCC4=CC5(CCC4(C)C3CCC12C)SCCS5. The molecule has 3 saturated carbocycles. The van der Waals surface area contributed by atoms with Crippen molar-refractivity contribution in [3.63, 3.8) is 0 Å². The smallest absolute Gasteiger partial charge is 0.0795 e. The molecule has 1 heterocycles. The fourth-order valence-electron chi connectivity index (χ4n) is 9.13. The minimum Gasteiger partial charge on any atom is -0.139 e. The van der Waals surface area contributed by atoms with Gasteiger partial charge in [0, 0.05) is 11.5 Å². The topological polar surface area (TPSA) is 0 Å². The summed E-state index contributed by atoms with van der Waals surface area (Å²) in [5.41, 5.74) is 3.11. The molecular formula is C29H48S2. The first kappa shape index (κ1) is 23.2. The normalized spacial score (nSPS) is 43.4. The molecule has 0 aromatic rings. The van der Waals surface area contributed by atoms with Crippen molar-refractivity contribution in [2.45, 2.75) is 121 Å². The Morgan fingerprint density at radius 3 is 2.42 bits per heavy atom. The molecule has 1 spiro atoms. The second kappa shape index (κ2) is 9.24. The fourth-order valence-corrected chi connectivity index (χ4v) is 12.3. The van der Waals surface area contributed by atoms with Crippen LogP contribution in [0.4, 0.5) is 0 Å². The summed E-state index contributed by atoms with van der Waals surface area (Å²) in [7, 11) is 0. The third kappa shape index (κ3) is 4.11. The summed E-state index contributed by atoms with van der Waals surface area (Å²) in [5.74, 6) is 6.85. The van der Waals surface area contributed by atoms with Gasteiger partial charge in [0.05, 0.1) is 4.08 Å². The predicted molar refractivity (Wildman–Crippen MR) is 141 cm³/mol. The molecule has 31 heavy (non-hydrogen) atoms. The zero-order valence-corrected chi connectivity index (χ0v) is 22.4. The highest BCUT2D eigenvalue weighted by molar-refractivity contribution is 8.21. The largest absolute Gasteiger partial charge is 0.139 e. The highest BCUT2D eigenvalue weighted by Gasteiger charge is 2.59. The molecule has 6 unspecified atom stereocenters. The van der Waals surface area contributed by atoms with E-state index < -0.39 is 0 Å². The quantitative estimate of drug-likeness (QED) is 0.274. The Bertz CT molecular complexity index is 662. The Kier molecular flexibility index (Phi) is 6.91. The molecule has 4 aliphatic carbocycles. The maximum atomic E-state index is 2.82. The average Bonchev–Trinajstić information content (AvgIpc) is 3.35. The molecule has 176 valence electrons. The van der Waals surface area contributed by atoms with Crippen molar-refractivity contribution in [3.8, 4) is 0 Å². The van der Waals surface area contributed by atoms with Gasteiger partial charge in [-0.05, 0) is 92.3 Å². The Morgan fingerprint density at radius 2 is 1.61 bits per heavy atom. The van der Waals surface area contributed by atoms with Crippen molar-refractivity contribution in [2.75, 3.05) is 11.5 Å². The molecule has 0 amide bonds. The molecule has 6 atom stereocenters. The van der Waals surface area contributed by atoms with Crippen LogP contribution in [0.1, 0.15) is 117 Å². The Morgan fingerprint density at radius 1 is 0.839 bits per heavy atom. The number of rotatable bonds is 7. The van der Waals surface area contributed by atoms with Gasteiger partial charge in [-0.2, -0.15) is 0 Å². The molecule has 0 bridgehead atoms. The van der Waals surface area contributed by atoms with Crippen molar-refractivity contribution in [1.82, 2.24) is 0 Å². The number of fused-ring (bicyclic) bond motifs is 5. The van der Waals surface area contributed by atoms with E-state index in [4.69, 9.17) is 0 Å². The lowest BCUT2D eigenvalue weighted by atomic mass is 9.46. The minimum atomic E-state index is 0.473. The molecule has 2 heteroatoms. The third-order valence-corrected chi connectivity index (χ3v) is 14.4. The molecule has 0 aromatic heterocycles. The lowest BCUT2D eigenvalue weighted by molar-refractivity contribution is -0.0524. The van der Waals surface area contributed by atoms with E-state index in [0.29, 0.717) is 14.9 Å². The van der Waals surface area contributed by atoms with Gasteiger partial charge in [0.15, 0.2) is 0 Å². The number of hydrogen-bond donors (Lipinski definition) is 0. The van der Waals surface area contributed by atoms with Crippen LogP contribution in [0.25, 0.3) is 0 Å². The number of thioether (sulfide) groups is 2. The van der Waals surface area contributed by atoms with Crippen LogP contribution < -0.4 is 0 Å². The van der Waals surface area contributed by atoms with Crippen molar-refractivity contribution >= 4 is 23.5 Å². The van der Waals surface area contributed by atoms with Crippen LogP contribution >= 0.6 is 23.5 Å².